The molecule has 0 aromatic heterocycles. The van der Waals surface area contributed by atoms with E-state index < -0.39 is 6.10 Å². The van der Waals surface area contributed by atoms with E-state index in [-0.39, 0.29) is 37.5 Å². The first-order chi connectivity index (χ1) is 30.0. The van der Waals surface area contributed by atoms with Crippen molar-refractivity contribution in [2.75, 3.05) is 13.2 Å². The summed E-state index contributed by atoms with van der Waals surface area (Å²) in [5.74, 6) is -0.982. The molecule has 0 bridgehead atoms. The van der Waals surface area contributed by atoms with Crippen molar-refractivity contribution in [2.45, 2.75) is 245 Å². The molecule has 0 spiro atoms. The zero-order valence-corrected chi connectivity index (χ0v) is 39.9. The van der Waals surface area contributed by atoms with Gasteiger partial charge in [-0.3, -0.25) is 14.4 Å². The van der Waals surface area contributed by atoms with Gasteiger partial charge in [0.2, 0.25) is 0 Å². The molecule has 0 unspecified atom stereocenters. The summed E-state index contributed by atoms with van der Waals surface area (Å²) in [6.07, 6.45) is 61.8. The molecular weight excluding hydrogens is 757 g/mol. The first kappa shape index (κ1) is 57.9. The van der Waals surface area contributed by atoms with Crippen LogP contribution in [-0.4, -0.2) is 37.2 Å². The first-order valence-corrected chi connectivity index (χ1v) is 25.4. The van der Waals surface area contributed by atoms with Crippen LogP contribution in [0.1, 0.15) is 239 Å². The van der Waals surface area contributed by atoms with E-state index in [2.05, 4.69) is 87.6 Å². The average molecular weight is 851 g/mol. The Kier molecular flexibility index (Phi) is 46.9. The van der Waals surface area contributed by atoms with Crippen molar-refractivity contribution in [3.8, 4) is 0 Å². The Hall–Kier alpha value is -3.15. The molecule has 0 aliphatic carbocycles. The molecule has 0 aromatic rings. The lowest BCUT2D eigenvalue weighted by Crippen LogP contribution is -2.30. The number of esters is 3. The van der Waals surface area contributed by atoms with Crippen molar-refractivity contribution in [1.82, 2.24) is 0 Å². The Balaban J connectivity index is 4.45. The van der Waals surface area contributed by atoms with E-state index in [1.807, 2.05) is 6.08 Å². The zero-order valence-electron chi connectivity index (χ0n) is 39.9. The van der Waals surface area contributed by atoms with Gasteiger partial charge in [-0.05, 0) is 57.8 Å². The summed E-state index contributed by atoms with van der Waals surface area (Å²) < 4.78 is 16.7. The van der Waals surface area contributed by atoms with E-state index in [0.717, 1.165) is 77.0 Å². The number of hydrogen-bond donors (Lipinski definition) is 0. The molecule has 0 N–H and O–H groups in total. The van der Waals surface area contributed by atoms with Crippen molar-refractivity contribution in [1.29, 1.82) is 0 Å². The van der Waals surface area contributed by atoms with Crippen molar-refractivity contribution < 1.29 is 28.6 Å². The lowest BCUT2D eigenvalue weighted by molar-refractivity contribution is -0.166. The molecule has 0 heterocycles. The first-order valence-electron chi connectivity index (χ1n) is 25.4. The van der Waals surface area contributed by atoms with E-state index in [4.69, 9.17) is 14.2 Å². The van der Waals surface area contributed by atoms with Crippen LogP contribution < -0.4 is 0 Å². The second-order valence-corrected chi connectivity index (χ2v) is 16.7. The third-order valence-electron chi connectivity index (χ3n) is 10.7. The predicted octanol–water partition coefficient (Wildman–Crippen LogP) is 16.6. The molecule has 0 radical (unpaired) electrons. The van der Waals surface area contributed by atoms with Crippen molar-refractivity contribution in [3.05, 3.63) is 72.9 Å². The highest BCUT2D eigenvalue weighted by atomic mass is 16.6. The van der Waals surface area contributed by atoms with E-state index in [1.165, 1.54) is 116 Å². The summed E-state index contributed by atoms with van der Waals surface area (Å²) in [6.45, 7) is 6.45. The lowest BCUT2D eigenvalue weighted by Gasteiger charge is -2.18. The van der Waals surface area contributed by atoms with Gasteiger partial charge in [-0.2, -0.15) is 0 Å². The fourth-order valence-electron chi connectivity index (χ4n) is 6.94. The van der Waals surface area contributed by atoms with Crippen LogP contribution in [0.3, 0.4) is 0 Å². The Morgan fingerprint density at radius 2 is 0.639 bits per heavy atom. The molecule has 0 aromatic carbocycles. The van der Waals surface area contributed by atoms with Crippen LogP contribution in [0.5, 0.6) is 0 Å². The van der Waals surface area contributed by atoms with Gasteiger partial charge < -0.3 is 14.2 Å². The highest BCUT2D eigenvalue weighted by Gasteiger charge is 2.19. The minimum Gasteiger partial charge on any atom is -0.462 e. The van der Waals surface area contributed by atoms with Gasteiger partial charge >= 0.3 is 17.9 Å². The van der Waals surface area contributed by atoms with Crippen LogP contribution in [0.2, 0.25) is 0 Å². The summed E-state index contributed by atoms with van der Waals surface area (Å²) in [6, 6.07) is 0. The Morgan fingerprint density at radius 3 is 1.00 bits per heavy atom. The molecule has 350 valence electrons. The molecule has 0 saturated heterocycles. The third kappa shape index (κ3) is 47.7. The van der Waals surface area contributed by atoms with Crippen LogP contribution in [0, 0.1) is 0 Å². The Labute approximate surface area is 376 Å². The monoisotopic (exact) mass is 851 g/mol. The highest BCUT2D eigenvalue weighted by molar-refractivity contribution is 5.71. The molecule has 6 nitrogen and oxygen atoms in total. The Bertz CT molecular complexity index is 1160. The standard InChI is InChI=1S/C55H94O6/c1-4-7-10-13-16-19-22-24-26-27-28-29-30-32-33-36-39-42-45-48-54(57)60-51-52(50-59-53(56)47-44-41-38-35-21-18-15-12-9-6-3)61-55(58)49-46-43-40-37-34-31-25-23-20-17-14-11-8-5-2/h7,10,16,19,24,26,28-29,32-33,39,42,52H,4-6,8-9,11-15,17-18,20-23,25,27,30-31,34-38,40-41,43-51H2,1-3H3/b10-7-,19-16-,26-24-,29-28-,33-32-,42-39-/t52-/m1/s1. The van der Waals surface area contributed by atoms with E-state index in [0.29, 0.717) is 19.3 Å². The maximum absolute atomic E-state index is 12.8. The molecule has 0 fully saturated rings. The van der Waals surface area contributed by atoms with Gasteiger partial charge in [0.1, 0.15) is 13.2 Å². The molecular formula is C55H94O6. The minimum atomic E-state index is -0.800. The fraction of sp³-hybridized carbons (Fsp3) is 0.727. The molecule has 0 aliphatic rings. The lowest BCUT2D eigenvalue weighted by atomic mass is 10.0. The number of carbonyl (C=O) groups is 3. The summed E-state index contributed by atoms with van der Waals surface area (Å²) in [7, 11) is 0. The summed E-state index contributed by atoms with van der Waals surface area (Å²) in [5.41, 5.74) is 0. The van der Waals surface area contributed by atoms with Gasteiger partial charge in [0, 0.05) is 19.3 Å². The molecule has 6 heteroatoms. The minimum absolute atomic E-state index is 0.0957. The molecule has 61 heavy (non-hydrogen) atoms. The zero-order chi connectivity index (χ0) is 44.4. The van der Waals surface area contributed by atoms with E-state index in [1.54, 1.807) is 0 Å². The quantitative estimate of drug-likeness (QED) is 0.0263. The highest BCUT2D eigenvalue weighted by Crippen LogP contribution is 2.15. The SMILES string of the molecule is CC/C=C\C/C=C\C/C=C\C/C=C\C/C=C\C/C=C\CCC(=O)OC[C@@H](COC(=O)CCCCCCCCCCCC)OC(=O)CCCCCCCCCCCCCCCC. The maximum atomic E-state index is 12.8. The number of ether oxygens (including phenoxy) is 3. The van der Waals surface area contributed by atoms with E-state index >= 15 is 0 Å². The molecule has 1 atom stereocenters. The predicted molar refractivity (Wildman–Crippen MR) is 261 cm³/mol. The van der Waals surface area contributed by atoms with E-state index in [9.17, 15) is 14.4 Å². The third-order valence-corrected chi connectivity index (χ3v) is 10.7. The van der Waals surface area contributed by atoms with Crippen LogP contribution in [0.4, 0.5) is 0 Å². The molecule has 0 saturated carbocycles. The number of carbonyl (C=O) groups excluding carboxylic acids is 3. The number of rotatable bonds is 45. The topological polar surface area (TPSA) is 78.9 Å². The fourth-order valence-corrected chi connectivity index (χ4v) is 6.94. The Morgan fingerprint density at radius 1 is 0.344 bits per heavy atom. The van der Waals surface area contributed by atoms with Crippen LogP contribution >= 0.6 is 0 Å². The van der Waals surface area contributed by atoms with Gasteiger partial charge in [0.25, 0.3) is 0 Å². The van der Waals surface area contributed by atoms with Crippen molar-refractivity contribution in [2.24, 2.45) is 0 Å². The summed E-state index contributed by atoms with van der Waals surface area (Å²) in [4.78, 5) is 37.8. The molecule has 0 aliphatic heterocycles. The number of unbranched alkanes of at least 4 members (excludes halogenated alkanes) is 22. The summed E-state index contributed by atoms with van der Waals surface area (Å²) in [5, 5.41) is 0. The smallest absolute Gasteiger partial charge is 0.306 e. The average Bonchev–Trinajstić information content (AvgIpc) is 3.26. The molecule has 0 amide bonds. The summed E-state index contributed by atoms with van der Waals surface area (Å²) >= 11 is 0. The van der Waals surface area contributed by atoms with Crippen LogP contribution in [0.15, 0.2) is 72.9 Å². The van der Waals surface area contributed by atoms with Crippen LogP contribution in [-0.2, 0) is 28.6 Å². The second-order valence-electron chi connectivity index (χ2n) is 16.7. The van der Waals surface area contributed by atoms with Crippen molar-refractivity contribution >= 4 is 17.9 Å². The van der Waals surface area contributed by atoms with Crippen molar-refractivity contribution in [3.63, 3.8) is 0 Å². The molecule has 0 rings (SSSR count). The second kappa shape index (κ2) is 49.5. The van der Waals surface area contributed by atoms with Gasteiger partial charge in [-0.15, -0.1) is 0 Å². The normalized spacial score (nSPS) is 12.6. The van der Waals surface area contributed by atoms with Crippen LogP contribution in [0.25, 0.3) is 0 Å². The largest absolute Gasteiger partial charge is 0.462 e. The number of allylic oxidation sites excluding steroid dienone is 12. The van der Waals surface area contributed by atoms with Gasteiger partial charge in [0.15, 0.2) is 6.10 Å². The van der Waals surface area contributed by atoms with Gasteiger partial charge in [-0.25, -0.2) is 0 Å². The maximum Gasteiger partial charge on any atom is 0.306 e. The number of hydrogen-bond acceptors (Lipinski definition) is 6. The van der Waals surface area contributed by atoms with Gasteiger partial charge in [0.05, 0.1) is 0 Å². The van der Waals surface area contributed by atoms with Gasteiger partial charge in [-0.1, -0.05) is 235 Å².